The third-order valence-corrected chi connectivity index (χ3v) is 1.23. The molecule has 1 aromatic carbocycles. The van der Waals surface area contributed by atoms with E-state index >= 15 is 0 Å². The second kappa shape index (κ2) is 2.92. The van der Waals surface area contributed by atoms with Crippen LogP contribution in [0.4, 0.5) is 0 Å². The van der Waals surface area contributed by atoms with Gasteiger partial charge in [-0.2, -0.15) is 0 Å². The smallest absolute Gasteiger partial charge is 0.0864 e. The summed E-state index contributed by atoms with van der Waals surface area (Å²) in [6.07, 6.45) is 2.03. The molecule has 52 valence electrons. The SMILES string of the molecule is OC=c1ccc(=CO)cc1. The van der Waals surface area contributed by atoms with Crippen molar-refractivity contribution in [2.24, 2.45) is 0 Å². The van der Waals surface area contributed by atoms with Crippen LogP contribution in [0.25, 0.3) is 12.5 Å². The maximum absolute atomic E-state index is 8.50. The molecule has 1 aromatic rings. The standard InChI is InChI=1S/C8H8O2/c9-5-7-1-2-8(6-10)4-3-7/h1-6,9-10H. The van der Waals surface area contributed by atoms with Crippen molar-refractivity contribution < 1.29 is 10.2 Å². The summed E-state index contributed by atoms with van der Waals surface area (Å²) in [4.78, 5) is 0. The maximum Gasteiger partial charge on any atom is 0.0864 e. The summed E-state index contributed by atoms with van der Waals surface area (Å²) in [6, 6.07) is 6.84. The fourth-order valence-corrected chi connectivity index (χ4v) is 0.668. The van der Waals surface area contributed by atoms with Crippen LogP contribution in [-0.2, 0) is 0 Å². The Morgan fingerprint density at radius 1 is 0.800 bits per heavy atom. The minimum Gasteiger partial charge on any atom is -0.515 e. The van der Waals surface area contributed by atoms with Crippen LogP contribution in [0.5, 0.6) is 0 Å². The zero-order valence-electron chi connectivity index (χ0n) is 5.36. The van der Waals surface area contributed by atoms with Crippen molar-refractivity contribution in [1.29, 1.82) is 0 Å². The molecule has 0 aliphatic carbocycles. The summed E-state index contributed by atoms with van der Waals surface area (Å²) in [5.41, 5.74) is 0. The van der Waals surface area contributed by atoms with E-state index < -0.39 is 0 Å². The van der Waals surface area contributed by atoms with Crippen LogP contribution in [0.15, 0.2) is 24.3 Å². The molecule has 0 aromatic heterocycles. The minimum absolute atomic E-state index is 0.727. The number of aliphatic hydroxyl groups is 2. The largest absolute Gasteiger partial charge is 0.515 e. The Hall–Kier alpha value is -1.44. The summed E-state index contributed by atoms with van der Waals surface area (Å²) in [7, 11) is 0. The van der Waals surface area contributed by atoms with Crippen molar-refractivity contribution in [3.8, 4) is 0 Å². The molecular formula is C8H8O2. The van der Waals surface area contributed by atoms with Crippen LogP contribution in [0.3, 0.4) is 0 Å². The Labute approximate surface area is 58.4 Å². The molecule has 2 N–H and O–H groups in total. The van der Waals surface area contributed by atoms with E-state index in [1.54, 1.807) is 24.3 Å². The molecule has 0 fully saturated rings. The highest BCUT2D eigenvalue weighted by Crippen LogP contribution is 1.67. The van der Waals surface area contributed by atoms with Gasteiger partial charge in [0.05, 0.1) is 12.5 Å². The predicted octanol–water partition coefficient (Wildman–Crippen LogP) is 0.279. The van der Waals surface area contributed by atoms with Crippen molar-refractivity contribution in [1.82, 2.24) is 0 Å². The van der Waals surface area contributed by atoms with E-state index in [4.69, 9.17) is 10.2 Å². The molecule has 0 heterocycles. The molecule has 0 bridgehead atoms. The zero-order chi connectivity index (χ0) is 7.40. The zero-order valence-corrected chi connectivity index (χ0v) is 5.36. The van der Waals surface area contributed by atoms with Gasteiger partial charge in [-0.15, -0.1) is 0 Å². The van der Waals surface area contributed by atoms with Crippen molar-refractivity contribution >= 4 is 12.5 Å². The summed E-state index contributed by atoms with van der Waals surface area (Å²) >= 11 is 0. The van der Waals surface area contributed by atoms with E-state index in [1.807, 2.05) is 0 Å². The lowest BCUT2D eigenvalue weighted by atomic mass is 10.3. The molecule has 0 unspecified atom stereocenters. The van der Waals surface area contributed by atoms with Gasteiger partial charge in [-0.1, -0.05) is 24.3 Å². The van der Waals surface area contributed by atoms with Gasteiger partial charge in [-0.3, -0.25) is 0 Å². The normalized spacial score (nSPS) is 8.80. The Morgan fingerprint density at radius 2 is 1.10 bits per heavy atom. The van der Waals surface area contributed by atoms with Gasteiger partial charge < -0.3 is 10.2 Å². The molecule has 0 saturated heterocycles. The Kier molecular flexibility index (Phi) is 1.95. The van der Waals surface area contributed by atoms with Gasteiger partial charge in [0.15, 0.2) is 0 Å². The average molecular weight is 136 g/mol. The summed E-state index contributed by atoms with van der Waals surface area (Å²) in [6.45, 7) is 0. The molecule has 1 rings (SSSR count). The van der Waals surface area contributed by atoms with Crippen LogP contribution in [-0.4, -0.2) is 10.2 Å². The van der Waals surface area contributed by atoms with Crippen molar-refractivity contribution in [2.45, 2.75) is 0 Å². The summed E-state index contributed by atoms with van der Waals surface area (Å²) < 4.78 is 0. The van der Waals surface area contributed by atoms with Crippen LogP contribution in [0.2, 0.25) is 0 Å². The van der Waals surface area contributed by atoms with Crippen LogP contribution < -0.4 is 10.4 Å². The molecule has 0 saturated carbocycles. The molecule has 0 atom stereocenters. The van der Waals surface area contributed by atoms with Crippen molar-refractivity contribution in [2.75, 3.05) is 0 Å². The summed E-state index contributed by atoms with van der Waals surface area (Å²) in [5, 5.41) is 18.5. The number of hydrogen-bond donors (Lipinski definition) is 2. The van der Waals surface area contributed by atoms with Gasteiger partial charge in [0.25, 0.3) is 0 Å². The molecule has 0 aliphatic rings. The molecule has 2 nitrogen and oxygen atoms in total. The van der Waals surface area contributed by atoms with Crippen molar-refractivity contribution in [3.05, 3.63) is 34.7 Å². The minimum atomic E-state index is 0.727. The first-order valence-electron chi connectivity index (χ1n) is 2.92. The van der Waals surface area contributed by atoms with Gasteiger partial charge >= 0.3 is 0 Å². The van der Waals surface area contributed by atoms with Crippen LogP contribution in [0.1, 0.15) is 0 Å². The number of rotatable bonds is 0. The average Bonchev–Trinajstić information content (AvgIpc) is 2.05. The lowest BCUT2D eigenvalue weighted by Gasteiger charge is -1.82. The van der Waals surface area contributed by atoms with E-state index in [0.29, 0.717) is 0 Å². The fourth-order valence-electron chi connectivity index (χ4n) is 0.668. The second-order valence-electron chi connectivity index (χ2n) is 1.92. The number of benzene rings is 1. The maximum atomic E-state index is 8.50. The second-order valence-corrected chi connectivity index (χ2v) is 1.92. The Balaban J connectivity index is 3.28. The van der Waals surface area contributed by atoms with E-state index in [9.17, 15) is 0 Å². The topological polar surface area (TPSA) is 40.5 Å². The molecule has 0 aliphatic heterocycles. The molecule has 2 heteroatoms. The fraction of sp³-hybridized carbons (Fsp3) is 0. The highest BCUT2D eigenvalue weighted by atomic mass is 16.2. The first-order valence-corrected chi connectivity index (χ1v) is 2.92. The van der Waals surface area contributed by atoms with Gasteiger partial charge in [0, 0.05) is 10.4 Å². The number of hydrogen-bond acceptors (Lipinski definition) is 2. The lowest BCUT2D eigenvalue weighted by Crippen LogP contribution is -2.06. The van der Waals surface area contributed by atoms with Gasteiger partial charge in [0.2, 0.25) is 0 Å². The van der Waals surface area contributed by atoms with E-state index in [1.165, 1.54) is 0 Å². The van der Waals surface area contributed by atoms with E-state index in [2.05, 4.69) is 0 Å². The van der Waals surface area contributed by atoms with Gasteiger partial charge in [0.1, 0.15) is 0 Å². The Bertz CT molecular complexity index is 258. The third-order valence-electron chi connectivity index (χ3n) is 1.23. The lowest BCUT2D eigenvalue weighted by molar-refractivity contribution is 0.538. The van der Waals surface area contributed by atoms with E-state index in [0.717, 1.165) is 23.0 Å². The molecule has 0 amide bonds. The van der Waals surface area contributed by atoms with Gasteiger partial charge in [-0.25, -0.2) is 0 Å². The highest BCUT2D eigenvalue weighted by Gasteiger charge is 1.76. The number of aliphatic hydroxyl groups excluding tert-OH is 2. The predicted molar refractivity (Wildman–Crippen MR) is 39.9 cm³/mol. The molecule has 0 radical (unpaired) electrons. The van der Waals surface area contributed by atoms with Crippen LogP contribution >= 0.6 is 0 Å². The van der Waals surface area contributed by atoms with Crippen LogP contribution in [0, 0.1) is 0 Å². The van der Waals surface area contributed by atoms with Gasteiger partial charge in [-0.05, 0) is 0 Å². The molecular weight excluding hydrogens is 128 g/mol. The first-order chi connectivity index (χ1) is 4.86. The highest BCUT2D eigenvalue weighted by molar-refractivity contribution is 5.20. The molecule has 10 heavy (non-hydrogen) atoms. The molecule has 0 spiro atoms. The third kappa shape index (κ3) is 1.29. The van der Waals surface area contributed by atoms with E-state index in [-0.39, 0.29) is 0 Å². The summed E-state index contributed by atoms with van der Waals surface area (Å²) in [5.74, 6) is 0. The monoisotopic (exact) mass is 136 g/mol. The first kappa shape index (κ1) is 6.68. The Morgan fingerprint density at radius 3 is 1.30 bits per heavy atom. The quantitative estimate of drug-likeness (QED) is 0.537. The van der Waals surface area contributed by atoms with Crippen molar-refractivity contribution in [3.63, 3.8) is 0 Å².